The normalized spacial score (nSPS) is 9.75. The Morgan fingerprint density at radius 2 is 2.38 bits per heavy atom. The van der Waals surface area contributed by atoms with Crippen molar-refractivity contribution in [2.75, 3.05) is 11.9 Å². The molecule has 3 N–H and O–H groups in total. The molecule has 1 amide bonds. The van der Waals surface area contributed by atoms with Gasteiger partial charge < -0.3 is 11.1 Å². The lowest BCUT2D eigenvalue weighted by molar-refractivity contribution is -0.384. The van der Waals surface area contributed by atoms with Gasteiger partial charge in [0.1, 0.15) is 11.9 Å². The fraction of sp³-hybridized carbons (Fsp3) is 0.333. The second-order valence-electron chi connectivity index (χ2n) is 3.15. The van der Waals surface area contributed by atoms with Gasteiger partial charge in [-0.3, -0.25) is 19.9 Å². The van der Waals surface area contributed by atoms with Crippen LogP contribution in [0.3, 0.4) is 0 Å². The van der Waals surface area contributed by atoms with Crippen LogP contribution in [0.15, 0.2) is 18.5 Å². The summed E-state index contributed by atoms with van der Waals surface area (Å²) in [6.07, 6.45) is 3.43. The molecule has 0 radical (unpaired) electrons. The zero-order chi connectivity index (χ0) is 12.0. The van der Waals surface area contributed by atoms with E-state index in [1.54, 1.807) is 0 Å². The topological polar surface area (TPSA) is 111 Å². The molecule has 7 heteroatoms. The first kappa shape index (κ1) is 11.9. The average Bonchev–Trinajstić information content (AvgIpc) is 2.24. The summed E-state index contributed by atoms with van der Waals surface area (Å²) in [5.74, 6) is -0.383. The number of rotatable bonds is 6. The van der Waals surface area contributed by atoms with Crippen LogP contribution in [-0.4, -0.2) is 22.4 Å². The Kier molecular flexibility index (Phi) is 4.19. The Bertz CT molecular complexity index is 394. The number of anilines is 1. The Morgan fingerprint density at radius 1 is 1.62 bits per heavy atom. The van der Waals surface area contributed by atoms with Gasteiger partial charge in [-0.05, 0) is 12.5 Å². The highest BCUT2D eigenvalue weighted by Gasteiger charge is 2.12. The van der Waals surface area contributed by atoms with Crippen molar-refractivity contribution in [3.8, 4) is 0 Å². The standard InChI is InChI=1S/C9H12N4O3/c10-9(14)2-1-4-12-7-3-5-11-6-8(7)13(15)16/h3,5-6H,1-2,4H2,(H2,10,14)(H,11,12). The first-order valence-corrected chi connectivity index (χ1v) is 4.72. The molecule has 0 saturated carbocycles. The van der Waals surface area contributed by atoms with Crippen LogP contribution in [0.4, 0.5) is 11.4 Å². The first-order chi connectivity index (χ1) is 7.61. The smallest absolute Gasteiger partial charge is 0.310 e. The van der Waals surface area contributed by atoms with E-state index in [4.69, 9.17) is 5.73 Å². The maximum absolute atomic E-state index is 10.6. The second-order valence-corrected chi connectivity index (χ2v) is 3.15. The summed E-state index contributed by atoms with van der Waals surface area (Å²) in [7, 11) is 0. The van der Waals surface area contributed by atoms with Gasteiger partial charge in [-0.15, -0.1) is 0 Å². The van der Waals surface area contributed by atoms with Crippen molar-refractivity contribution in [3.05, 3.63) is 28.6 Å². The molecule has 1 aromatic heterocycles. The van der Waals surface area contributed by atoms with Crippen LogP contribution in [0.1, 0.15) is 12.8 Å². The molecule has 16 heavy (non-hydrogen) atoms. The molecule has 0 aliphatic rings. The van der Waals surface area contributed by atoms with Gasteiger partial charge in [0.15, 0.2) is 0 Å². The first-order valence-electron chi connectivity index (χ1n) is 4.72. The van der Waals surface area contributed by atoms with Crippen molar-refractivity contribution in [3.63, 3.8) is 0 Å². The third kappa shape index (κ3) is 3.52. The predicted octanol–water partition coefficient (Wildman–Crippen LogP) is 0.667. The van der Waals surface area contributed by atoms with E-state index in [1.165, 1.54) is 18.5 Å². The lowest BCUT2D eigenvalue weighted by Gasteiger charge is -2.05. The van der Waals surface area contributed by atoms with E-state index >= 15 is 0 Å². The third-order valence-electron chi connectivity index (χ3n) is 1.91. The van der Waals surface area contributed by atoms with E-state index in [2.05, 4.69) is 10.3 Å². The molecule has 0 fully saturated rings. The zero-order valence-electron chi connectivity index (χ0n) is 8.55. The van der Waals surface area contributed by atoms with Crippen molar-refractivity contribution in [1.82, 2.24) is 4.98 Å². The molecule has 0 aromatic carbocycles. The van der Waals surface area contributed by atoms with Crippen LogP contribution in [-0.2, 0) is 4.79 Å². The molecule has 1 aromatic rings. The molecule has 0 atom stereocenters. The fourth-order valence-electron chi connectivity index (χ4n) is 1.17. The van der Waals surface area contributed by atoms with Crippen molar-refractivity contribution in [2.24, 2.45) is 5.73 Å². The SMILES string of the molecule is NC(=O)CCCNc1ccncc1[N+](=O)[O-]. The quantitative estimate of drug-likeness (QED) is 0.419. The highest BCUT2D eigenvalue weighted by Crippen LogP contribution is 2.21. The summed E-state index contributed by atoms with van der Waals surface area (Å²) in [5.41, 5.74) is 5.28. The van der Waals surface area contributed by atoms with Gasteiger partial charge in [-0.2, -0.15) is 0 Å². The number of nitrogens with zero attached hydrogens (tertiary/aromatic N) is 2. The second kappa shape index (κ2) is 5.64. The highest BCUT2D eigenvalue weighted by atomic mass is 16.6. The number of nitro groups is 1. The molecular formula is C9H12N4O3. The van der Waals surface area contributed by atoms with E-state index in [0.29, 0.717) is 18.7 Å². The molecule has 0 spiro atoms. The van der Waals surface area contributed by atoms with Gasteiger partial charge in [0, 0.05) is 19.2 Å². The van der Waals surface area contributed by atoms with Gasteiger partial charge in [0.25, 0.3) is 0 Å². The van der Waals surface area contributed by atoms with Crippen molar-refractivity contribution >= 4 is 17.3 Å². The van der Waals surface area contributed by atoms with Gasteiger partial charge in [-0.25, -0.2) is 0 Å². The molecule has 1 rings (SSSR count). The molecular weight excluding hydrogens is 212 g/mol. The maximum atomic E-state index is 10.6. The fourth-order valence-corrected chi connectivity index (χ4v) is 1.17. The van der Waals surface area contributed by atoms with Gasteiger partial charge in [0.2, 0.25) is 5.91 Å². The number of pyridine rings is 1. The van der Waals surface area contributed by atoms with Crippen molar-refractivity contribution in [1.29, 1.82) is 0 Å². The maximum Gasteiger partial charge on any atom is 0.310 e. The molecule has 0 aliphatic carbocycles. The minimum atomic E-state index is -0.510. The molecule has 86 valence electrons. The lowest BCUT2D eigenvalue weighted by Crippen LogP contribution is -2.13. The number of amides is 1. The van der Waals surface area contributed by atoms with E-state index in [0.717, 1.165) is 0 Å². The van der Waals surface area contributed by atoms with Crippen LogP contribution >= 0.6 is 0 Å². The van der Waals surface area contributed by atoms with E-state index in [1.807, 2.05) is 0 Å². The number of carbonyl (C=O) groups is 1. The Morgan fingerprint density at radius 3 is 3.00 bits per heavy atom. The summed E-state index contributed by atoms with van der Waals surface area (Å²) in [4.78, 5) is 24.2. The number of primary amides is 1. The average molecular weight is 224 g/mol. The van der Waals surface area contributed by atoms with Crippen molar-refractivity contribution < 1.29 is 9.72 Å². The minimum absolute atomic E-state index is 0.0819. The number of nitrogens with two attached hydrogens (primary N) is 1. The number of aromatic nitrogens is 1. The Balaban J connectivity index is 2.53. The summed E-state index contributed by atoms with van der Waals surface area (Å²) in [6.45, 7) is 0.452. The lowest BCUT2D eigenvalue weighted by atomic mass is 10.3. The minimum Gasteiger partial charge on any atom is -0.379 e. The molecule has 0 bridgehead atoms. The van der Waals surface area contributed by atoms with Crippen molar-refractivity contribution in [2.45, 2.75) is 12.8 Å². The molecule has 0 aliphatic heterocycles. The Hall–Kier alpha value is -2.18. The van der Waals surface area contributed by atoms with Gasteiger partial charge in [0.05, 0.1) is 4.92 Å². The summed E-state index contributed by atoms with van der Waals surface area (Å²) in [6, 6.07) is 1.52. The van der Waals surface area contributed by atoms with Crippen LogP contribution in [0, 0.1) is 10.1 Å². The van der Waals surface area contributed by atoms with E-state index in [9.17, 15) is 14.9 Å². The molecule has 7 nitrogen and oxygen atoms in total. The number of nitrogens with one attached hydrogen (secondary N) is 1. The van der Waals surface area contributed by atoms with Crippen LogP contribution in [0.25, 0.3) is 0 Å². The molecule has 1 heterocycles. The van der Waals surface area contributed by atoms with Crippen LogP contribution in [0.2, 0.25) is 0 Å². The van der Waals surface area contributed by atoms with Crippen LogP contribution in [0.5, 0.6) is 0 Å². The third-order valence-corrected chi connectivity index (χ3v) is 1.91. The van der Waals surface area contributed by atoms with Crippen LogP contribution < -0.4 is 11.1 Å². The molecule has 0 saturated heterocycles. The predicted molar refractivity (Wildman–Crippen MR) is 57.8 cm³/mol. The summed E-state index contributed by atoms with van der Waals surface area (Å²) in [5, 5.41) is 13.5. The van der Waals surface area contributed by atoms with E-state index in [-0.39, 0.29) is 18.0 Å². The molecule has 0 unspecified atom stereocenters. The highest BCUT2D eigenvalue weighted by molar-refractivity contribution is 5.73. The van der Waals surface area contributed by atoms with E-state index < -0.39 is 4.92 Å². The largest absolute Gasteiger partial charge is 0.379 e. The number of carbonyl (C=O) groups excluding carboxylic acids is 1. The number of hydrogen-bond donors (Lipinski definition) is 2. The monoisotopic (exact) mass is 224 g/mol. The van der Waals surface area contributed by atoms with Gasteiger partial charge in [-0.1, -0.05) is 0 Å². The number of hydrogen-bond acceptors (Lipinski definition) is 5. The Labute approximate surface area is 91.8 Å². The zero-order valence-corrected chi connectivity index (χ0v) is 8.55. The van der Waals surface area contributed by atoms with Gasteiger partial charge >= 0.3 is 5.69 Å². The summed E-state index contributed by atoms with van der Waals surface area (Å²) < 4.78 is 0. The summed E-state index contributed by atoms with van der Waals surface area (Å²) >= 11 is 0.